The number of nitrogens with one attached hydrogen (secondary N) is 2. The van der Waals surface area contributed by atoms with Crippen molar-refractivity contribution in [1.29, 1.82) is 0 Å². The van der Waals surface area contributed by atoms with Gasteiger partial charge in [0, 0.05) is 10.4 Å². The Kier molecular flexibility index (Phi) is 6.42. The van der Waals surface area contributed by atoms with Gasteiger partial charge in [-0.15, -0.1) is 11.3 Å². The third kappa shape index (κ3) is 4.56. The molecule has 1 aliphatic heterocycles. The highest BCUT2D eigenvalue weighted by Gasteiger charge is 2.32. The number of hydrogen-bond donors (Lipinski definition) is 2. The summed E-state index contributed by atoms with van der Waals surface area (Å²) in [5.41, 5.74) is 0.495. The van der Waals surface area contributed by atoms with Crippen LogP contribution >= 0.6 is 22.9 Å². The van der Waals surface area contributed by atoms with E-state index in [2.05, 4.69) is 15.0 Å². The minimum absolute atomic E-state index is 0.185. The molecule has 0 bridgehead atoms. The molecule has 2 unspecified atom stereocenters. The zero-order valence-corrected chi connectivity index (χ0v) is 18.0. The molecule has 1 aliphatic rings. The Hall–Kier alpha value is -1.90. The predicted molar refractivity (Wildman–Crippen MR) is 113 cm³/mol. The van der Waals surface area contributed by atoms with Crippen molar-refractivity contribution in [1.82, 2.24) is 10.0 Å². The van der Waals surface area contributed by atoms with Gasteiger partial charge in [-0.05, 0) is 37.6 Å². The fraction of sp³-hybridized carbons (Fsp3) is 0.368. The third-order valence-corrected chi connectivity index (χ3v) is 7.27. The Balaban J connectivity index is 1.84. The second-order valence-electron chi connectivity index (χ2n) is 6.61. The van der Waals surface area contributed by atoms with E-state index in [1.165, 1.54) is 17.4 Å². The molecule has 28 heavy (non-hydrogen) atoms. The number of thiophene rings is 1. The maximum atomic E-state index is 12.9. The highest BCUT2D eigenvalue weighted by Crippen LogP contribution is 2.27. The number of rotatable bonds is 7. The maximum absolute atomic E-state index is 12.9. The van der Waals surface area contributed by atoms with Crippen LogP contribution in [0.5, 0.6) is 0 Å². The third-order valence-electron chi connectivity index (χ3n) is 4.46. The first-order valence-electron chi connectivity index (χ1n) is 9.07. The van der Waals surface area contributed by atoms with E-state index in [1.807, 2.05) is 19.9 Å². The summed E-state index contributed by atoms with van der Waals surface area (Å²) in [7, 11) is -3.64. The minimum atomic E-state index is -3.64. The number of carbonyl (C=O) groups excluding carboxylic acids is 1. The number of halogens is 1. The summed E-state index contributed by atoms with van der Waals surface area (Å²) in [5, 5.41) is 2.97. The molecule has 1 aromatic heterocycles. The van der Waals surface area contributed by atoms with Gasteiger partial charge in [-0.3, -0.25) is 14.5 Å². The number of fused-ring (bicyclic) bond motifs is 1. The van der Waals surface area contributed by atoms with Crippen LogP contribution in [0, 0.1) is 0 Å². The van der Waals surface area contributed by atoms with Gasteiger partial charge in [0.2, 0.25) is 5.91 Å². The molecule has 150 valence electrons. The zero-order chi connectivity index (χ0) is 20.3. The lowest BCUT2D eigenvalue weighted by molar-refractivity contribution is -0.123. The highest BCUT2D eigenvalue weighted by atomic mass is 35.5. The first-order chi connectivity index (χ1) is 13.3. The van der Waals surface area contributed by atoms with Gasteiger partial charge in [0.05, 0.1) is 15.3 Å². The van der Waals surface area contributed by atoms with E-state index in [0.29, 0.717) is 16.3 Å². The molecular weight excluding hydrogens is 418 g/mol. The SMILES string of the molecule is CCCCC(N=C1NS(=O)(=O)c2ccccc21)C(=O)NC(C)c1ccc(Cl)s1. The van der Waals surface area contributed by atoms with Gasteiger partial charge < -0.3 is 5.32 Å². The Morgan fingerprint density at radius 1 is 1.29 bits per heavy atom. The van der Waals surface area contributed by atoms with E-state index in [1.54, 1.807) is 24.3 Å². The molecule has 1 aromatic carbocycles. The molecule has 0 radical (unpaired) electrons. The highest BCUT2D eigenvalue weighted by molar-refractivity contribution is 7.90. The second-order valence-corrected chi connectivity index (χ2v) is 10.0. The molecule has 2 N–H and O–H groups in total. The molecule has 2 heterocycles. The fourth-order valence-electron chi connectivity index (χ4n) is 2.98. The summed E-state index contributed by atoms with van der Waals surface area (Å²) in [6.45, 7) is 3.92. The van der Waals surface area contributed by atoms with E-state index in [0.717, 1.165) is 17.7 Å². The van der Waals surface area contributed by atoms with Gasteiger partial charge in [0.1, 0.15) is 11.9 Å². The Morgan fingerprint density at radius 2 is 2.04 bits per heavy atom. The van der Waals surface area contributed by atoms with Crippen molar-refractivity contribution in [2.75, 3.05) is 0 Å². The summed E-state index contributed by atoms with van der Waals surface area (Å²) in [6, 6.07) is 9.43. The lowest BCUT2D eigenvalue weighted by atomic mass is 10.1. The van der Waals surface area contributed by atoms with Crippen molar-refractivity contribution < 1.29 is 13.2 Å². The molecule has 0 fully saturated rings. The summed E-state index contributed by atoms with van der Waals surface area (Å²) in [4.78, 5) is 18.5. The van der Waals surface area contributed by atoms with E-state index in [-0.39, 0.29) is 22.7 Å². The molecule has 0 aliphatic carbocycles. The van der Waals surface area contributed by atoms with Gasteiger partial charge >= 0.3 is 0 Å². The van der Waals surface area contributed by atoms with Crippen LogP contribution in [0.2, 0.25) is 4.34 Å². The standard InChI is InChI=1S/C19H22ClN3O3S2/c1-3-4-8-14(19(24)21-12(2)15-10-11-17(20)27-15)22-18-13-7-5-6-9-16(13)28(25,26)23-18/h5-7,9-12,14H,3-4,8H2,1-2H3,(H,21,24)(H,22,23). The number of benzene rings is 1. The summed E-state index contributed by atoms with van der Waals surface area (Å²) in [6.07, 6.45) is 2.25. The van der Waals surface area contributed by atoms with Crippen LogP contribution in [0.15, 0.2) is 46.3 Å². The molecule has 3 rings (SSSR count). The Labute approximate surface area is 174 Å². The number of nitrogens with zero attached hydrogens (tertiary/aromatic N) is 1. The number of hydrogen-bond acceptors (Lipinski definition) is 5. The van der Waals surface area contributed by atoms with Crippen molar-refractivity contribution in [2.24, 2.45) is 4.99 Å². The molecule has 2 aromatic rings. The fourth-order valence-corrected chi connectivity index (χ4v) is 5.28. The Bertz CT molecular complexity index is 1000. The second kappa shape index (κ2) is 8.63. The molecular formula is C19H22ClN3O3S2. The maximum Gasteiger partial charge on any atom is 0.263 e. The van der Waals surface area contributed by atoms with Crippen LogP contribution in [0.1, 0.15) is 49.6 Å². The van der Waals surface area contributed by atoms with Gasteiger partial charge in [0.25, 0.3) is 10.0 Å². The van der Waals surface area contributed by atoms with Crippen molar-refractivity contribution in [3.63, 3.8) is 0 Å². The van der Waals surface area contributed by atoms with Crippen LogP contribution < -0.4 is 10.0 Å². The minimum Gasteiger partial charge on any atom is -0.347 e. The molecule has 0 spiro atoms. The molecule has 9 heteroatoms. The largest absolute Gasteiger partial charge is 0.347 e. The lowest BCUT2D eigenvalue weighted by Gasteiger charge is -2.17. The normalized spacial score (nSPS) is 18.3. The van der Waals surface area contributed by atoms with Gasteiger partial charge in [-0.25, -0.2) is 8.42 Å². The molecule has 0 saturated carbocycles. The van der Waals surface area contributed by atoms with Crippen LogP contribution in [0.25, 0.3) is 0 Å². The number of carbonyl (C=O) groups is 1. The summed E-state index contributed by atoms with van der Waals surface area (Å²) >= 11 is 7.39. The van der Waals surface area contributed by atoms with Gasteiger partial charge in [-0.1, -0.05) is 43.5 Å². The van der Waals surface area contributed by atoms with E-state index < -0.39 is 16.1 Å². The number of amides is 1. The van der Waals surface area contributed by atoms with E-state index >= 15 is 0 Å². The average Bonchev–Trinajstić information content (AvgIpc) is 3.20. The van der Waals surface area contributed by atoms with E-state index in [9.17, 15) is 13.2 Å². The molecule has 6 nitrogen and oxygen atoms in total. The number of unbranched alkanes of at least 4 members (excludes halogenated alkanes) is 1. The number of aliphatic imine (C=N–C) groups is 1. The smallest absolute Gasteiger partial charge is 0.263 e. The van der Waals surface area contributed by atoms with Crippen molar-refractivity contribution in [2.45, 2.75) is 50.1 Å². The summed E-state index contributed by atoms with van der Waals surface area (Å²) in [5.74, 6) is -0.0137. The predicted octanol–water partition coefficient (Wildman–Crippen LogP) is 3.88. The quantitative estimate of drug-likeness (QED) is 0.686. The number of sulfonamides is 1. The van der Waals surface area contributed by atoms with Crippen LogP contribution in [0.3, 0.4) is 0 Å². The zero-order valence-electron chi connectivity index (χ0n) is 15.6. The van der Waals surface area contributed by atoms with Crippen LogP contribution in [0.4, 0.5) is 0 Å². The van der Waals surface area contributed by atoms with Crippen LogP contribution in [-0.2, 0) is 14.8 Å². The van der Waals surface area contributed by atoms with Gasteiger partial charge in [-0.2, -0.15) is 0 Å². The first kappa shape index (κ1) is 20.8. The Morgan fingerprint density at radius 3 is 2.71 bits per heavy atom. The monoisotopic (exact) mass is 439 g/mol. The molecule has 2 atom stereocenters. The molecule has 0 saturated heterocycles. The summed E-state index contributed by atoms with van der Waals surface area (Å²) < 4.78 is 27.7. The van der Waals surface area contributed by atoms with Crippen molar-refractivity contribution in [3.8, 4) is 0 Å². The van der Waals surface area contributed by atoms with Crippen LogP contribution in [-0.4, -0.2) is 26.2 Å². The topological polar surface area (TPSA) is 87.6 Å². The molecule has 1 amide bonds. The van der Waals surface area contributed by atoms with Crippen molar-refractivity contribution >= 4 is 44.7 Å². The number of amidine groups is 1. The van der Waals surface area contributed by atoms with Gasteiger partial charge in [0.15, 0.2) is 0 Å². The first-order valence-corrected chi connectivity index (χ1v) is 11.7. The van der Waals surface area contributed by atoms with Crippen molar-refractivity contribution in [3.05, 3.63) is 51.2 Å². The van der Waals surface area contributed by atoms with E-state index in [4.69, 9.17) is 11.6 Å². The lowest BCUT2D eigenvalue weighted by Crippen LogP contribution is -2.36. The average molecular weight is 440 g/mol.